The van der Waals surface area contributed by atoms with Gasteiger partial charge in [0.1, 0.15) is 0 Å². The van der Waals surface area contributed by atoms with Crippen molar-refractivity contribution >= 4 is 0 Å². The molecule has 1 saturated heterocycles. The van der Waals surface area contributed by atoms with Crippen molar-refractivity contribution in [3.05, 3.63) is 35.4 Å². The number of hydrogen-bond donors (Lipinski definition) is 1. The molecule has 0 spiro atoms. The van der Waals surface area contributed by atoms with Gasteiger partial charge in [0.2, 0.25) is 0 Å². The standard InChI is InChI=1S/C14H21NO2/c1-11-4-3-5-12(8-11)9-15(2)13-10-17-7-6-14(13)16/h3-5,8,13-14,16H,6-7,9-10H2,1-2H3. The van der Waals surface area contributed by atoms with Crippen LogP contribution in [-0.4, -0.2) is 42.4 Å². The second-order valence-electron chi connectivity index (χ2n) is 4.90. The Morgan fingerprint density at radius 3 is 3.00 bits per heavy atom. The molecule has 0 saturated carbocycles. The van der Waals surface area contributed by atoms with Crippen molar-refractivity contribution in [1.82, 2.24) is 4.90 Å². The predicted octanol–water partition coefficient (Wildman–Crippen LogP) is 1.58. The Morgan fingerprint density at radius 2 is 2.29 bits per heavy atom. The van der Waals surface area contributed by atoms with Gasteiger partial charge >= 0.3 is 0 Å². The molecule has 1 aliphatic rings. The number of benzene rings is 1. The molecule has 94 valence electrons. The molecule has 1 fully saturated rings. The lowest BCUT2D eigenvalue weighted by molar-refractivity contribution is -0.0563. The minimum atomic E-state index is -0.265. The molecule has 0 bridgehead atoms. The van der Waals surface area contributed by atoms with Crippen LogP contribution in [0.1, 0.15) is 17.5 Å². The monoisotopic (exact) mass is 235 g/mol. The van der Waals surface area contributed by atoms with E-state index in [0.717, 1.165) is 13.0 Å². The summed E-state index contributed by atoms with van der Waals surface area (Å²) in [4.78, 5) is 2.18. The second-order valence-corrected chi connectivity index (χ2v) is 4.90. The van der Waals surface area contributed by atoms with Crippen LogP contribution in [0.15, 0.2) is 24.3 Å². The van der Waals surface area contributed by atoms with Gasteiger partial charge in [0.15, 0.2) is 0 Å². The molecule has 0 aromatic heterocycles. The highest BCUT2D eigenvalue weighted by Crippen LogP contribution is 2.16. The Balaban J connectivity index is 1.98. The lowest BCUT2D eigenvalue weighted by Crippen LogP contribution is -2.47. The van der Waals surface area contributed by atoms with Crippen molar-refractivity contribution in [1.29, 1.82) is 0 Å². The fourth-order valence-electron chi connectivity index (χ4n) is 2.35. The first kappa shape index (κ1) is 12.6. The van der Waals surface area contributed by atoms with E-state index in [4.69, 9.17) is 4.74 Å². The molecule has 1 aliphatic heterocycles. The normalized spacial score (nSPS) is 25.2. The maximum Gasteiger partial charge on any atom is 0.0739 e. The maximum atomic E-state index is 9.95. The van der Waals surface area contributed by atoms with Crippen LogP contribution in [0.4, 0.5) is 0 Å². The molecule has 17 heavy (non-hydrogen) atoms. The molecule has 1 aromatic rings. The summed E-state index contributed by atoms with van der Waals surface area (Å²) in [6, 6.07) is 8.60. The summed E-state index contributed by atoms with van der Waals surface area (Å²) in [5.41, 5.74) is 2.56. The van der Waals surface area contributed by atoms with Crippen LogP contribution in [0.25, 0.3) is 0 Å². The first-order valence-corrected chi connectivity index (χ1v) is 6.18. The van der Waals surface area contributed by atoms with E-state index >= 15 is 0 Å². The fourth-order valence-corrected chi connectivity index (χ4v) is 2.35. The van der Waals surface area contributed by atoms with Crippen LogP contribution in [0, 0.1) is 6.92 Å². The quantitative estimate of drug-likeness (QED) is 0.863. The number of nitrogens with zero attached hydrogens (tertiary/aromatic N) is 1. The van der Waals surface area contributed by atoms with Gasteiger partial charge in [0.05, 0.1) is 18.8 Å². The summed E-state index contributed by atoms with van der Waals surface area (Å²) in [6.45, 7) is 4.26. The van der Waals surface area contributed by atoms with Crippen molar-refractivity contribution in [3.8, 4) is 0 Å². The summed E-state index contributed by atoms with van der Waals surface area (Å²) in [7, 11) is 2.05. The van der Waals surface area contributed by atoms with Gasteiger partial charge in [0, 0.05) is 13.2 Å². The average Bonchev–Trinajstić information content (AvgIpc) is 2.29. The van der Waals surface area contributed by atoms with E-state index in [0.29, 0.717) is 13.2 Å². The highest BCUT2D eigenvalue weighted by molar-refractivity contribution is 5.22. The second kappa shape index (κ2) is 5.63. The first-order chi connectivity index (χ1) is 8.16. The van der Waals surface area contributed by atoms with E-state index in [1.165, 1.54) is 11.1 Å². The summed E-state index contributed by atoms with van der Waals surface area (Å²) in [5, 5.41) is 9.95. The van der Waals surface area contributed by atoms with Crippen LogP contribution < -0.4 is 0 Å². The van der Waals surface area contributed by atoms with Gasteiger partial charge in [-0.3, -0.25) is 4.90 Å². The zero-order valence-electron chi connectivity index (χ0n) is 10.6. The first-order valence-electron chi connectivity index (χ1n) is 6.18. The third-order valence-corrected chi connectivity index (χ3v) is 3.37. The van der Waals surface area contributed by atoms with E-state index in [9.17, 15) is 5.11 Å². The zero-order chi connectivity index (χ0) is 12.3. The van der Waals surface area contributed by atoms with Gasteiger partial charge in [-0.05, 0) is 26.0 Å². The number of aliphatic hydroxyl groups is 1. The van der Waals surface area contributed by atoms with E-state index in [2.05, 4.69) is 36.1 Å². The molecule has 1 heterocycles. The third-order valence-electron chi connectivity index (χ3n) is 3.37. The van der Waals surface area contributed by atoms with Gasteiger partial charge in [-0.2, -0.15) is 0 Å². The van der Waals surface area contributed by atoms with Gasteiger partial charge in [-0.1, -0.05) is 29.8 Å². The molecule has 1 aromatic carbocycles. The molecule has 0 amide bonds. The Labute approximate surface area is 103 Å². The highest BCUT2D eigenvalue weighted by atomic mass is 16.5. The molecule has 3 heteroatoms. The Bertz CT molecular complexity index is 367. The zero-order valence-corrected chi connectivity index (χ0v) is 10.6. The van der Waals surface area contributed by atoms with Crippen molar-refractivity contribution in [3.63, 3.8) is 0 Å². The molecule has 3 nitrogen and oxygen atoms in total. The molecule has 0 radical (unpaired) electrons. The number of rotatable bonds is 3. The van der Waals surface area contributed by atoms with Crippen molar-refractivity contribution in [2.45, 2.75) is 32.0 Å². The van der Waals surface area contributed by atoms with Crippen LogP contribution in [0.3, 0.4) is 0 Å². The van der Waals surface area contributed by atoms with Gasteiger partial charge in [-0.15, -0.1) is 0 Å². The highest BCUT2D eigenvalue weighted by Gasteiger charge is 2.27. The lowest BCUT2D eigenvalue weighted by atomic mass is 10.0. The van der Waals surface area contributed by atoms with Crippen LogP contribution in [-0.2, 0) is 11.3 Å². The molecule has 1 N–H and O–H groups in total. The Morgan fingerprint density at radius 1 is 1.47 bits per heavy atom. The van der Waals surface area contributed by atoms with Crippen molar-refractivity contribution in [2.75, 3.05) is 20.3 Å². The third kappa shape index (κ3) is 3.28. The number of likely N-dealkylation sites (N-methyl/N-ethyl adjacent to an activating group) is 1. The predicted molar refractivity (Wildman–Crippen MR) is 67.9 cm³/mol. The summed E-state index contributed by atoms with van der Waals surface area (Å²) >= 11 is 0. The number of ether oxygens (including phenoxy) is 1. The van der Waals surface area contributed by atoms with E-state index in [-0.39, 0.29) is 12.1 Å². The molecule has 2 unspecified atom stereocenters. The minimum absolute atomic E-state index is 0.115. The molecule has 2 atom stereocenters. The van der Waals surface area contributed by atoms with E-state index in [1.807, 2.05) is 7.05 Å². The fraction of sp³-hybridized carbons (Fsp3) is 0.571. The lowest BCUT2D eigenvalue weighted by Gasteiger charge is -2.35. The minimum Gasteiger partial charge on any atom is -0.391 e. The van der Waals surface area contributed by atoms with Crippen molar-refractivity contribution < 1.29 is 9.84 Å². The number of aliphatic hydroxyl groups excluding tert-OH is 1. The molecular formula is C14H21NO2. The topological polar surface area (TPSA) is 32.7 Å². The number of hydrogen-bond acceptors (Lipinski definition) is 3. The Hall–Kier alpha value is -0.900. The molecular weight excluding hydrogens is 214 g/mol. The number of aryl methyl sites for hydroxylation is 1. The van der Waals surface area contributed by atoms with Gasteiger partial charge in [-0.25, -0.2) is 0 Å². The van der Waals surface area contributed by atoms with E-state index < -0.39 is 0 Å². The Kier molecular flexibility index (Phi) is 4.15. The van der Waals surface area contributed by atoms with Crippen LogP contribution in [0.5, 0.6) is 0 Å². The molecule has 2 rings (SSSR count). The average molecular weight is 235 g/mol. The smallest absolute Gasteiger partial charge is 0.0739 e. The van der Waals surface area contributed by atoms with Crippen LogP contribution >= 0.6 is 0 Å². The summed E-state index contributed by atoms with van der Waals surface area (Å²) in [6.07, 6.45) is 0.474. The van der Waals surface area contributed by atoms with Crippen LogP contribution in [0.2, 0.25) is 0 Å². The van der Waals surface area contributed by atoms with Crippen molar-refractivity contribution in [2.24, 2.45) is 0 Å². The SMILES string of the molecule is Cc1cccc(CN(C)C2COCCC2O)c1. The van der Waals surface area contributed by atoms with Gasteiger partial charge < -0.3 is 9.84 Å². The summed E-state index contributed by atoms with van der Waals surface area (Å²) in [5.74, 6) is 0. The largest absolute Gasteiger partial charge is 0.391 e. The van der Waals surface area contributed by atoms with E-state index in [1.54, 1.807) is 0 Å². The molecule has 0 aliphatic carbocycles. The van der Waals surface area contributed by atoms with Gasteiger partial charge in [0.25, 0.3) is 0 Å². The summed E-state index contributed by atoms with van der Waals surface area (Å²) < 4.78 is 5.43. The maximum absolute atomic E-state index is 9.95.